The Hall–Kier alpha value is 0.01000. The van der Waals surface area contributed by atoms with Gasteiger partial charge in [-0.1, -0.05) is 23.2 Å². The number of esters is 1. The zero-order valence-electron chi connectivity index (χ0n) is 5.27. The minimum absolute atomic E-state index is 0.0769. The molecule has 0 aromatic carbocycles. The molecule has 0 radical (unpaired) electrons. The van der Waals surface area contributed by atoms with Gasteiger partial charge in [0, 0.05) is 6.92 Å². The number of rotatable bonds is 1. The van der Waals surface area contributed by atoms with Crippen LogP contribution in [0.2, 0.25) is 0 Å². The van der Waals surface area contributed by atoms with Crippen LogP contribution in [0.25, 0.3) is 0 Å². The average Bonchev–Trinajstić information content (AvgIpc) is 2.13. The van der Waals surface area contributed by atoms with Crippen LogP contribution in [-0.2, 0) is 14.3 Å². The molecule has 10 heavy (non-hydrogen) atoms. The zero-order chi connectivity index (χ0) is 7.78. The van der Waals surface area contributed by atoms with Crippen molar-refractivity contribution in [2.24, 2.45) is 0 Å². The second-order valence-corrected chi connectivity index (χ2v) is 3.18. The smallest absolute Gasteiger partial charge is 0.334 e. The summed E-state index contributed by atoms with van der Waals surface area (Å²) in [6, 6.07) is 0. The summed E-state index contributed by atoms with van der Waals surface area (Å²) in [6.45, 7) is 1.44. The first-order chi connectivity index (χ1) is 4.54. The molecule has 0 amide bonds. The molecule has 3 nitrogen and oxygen atoms in total. The van der Waals surface area contributed by atoms with E-state index >= 15 is 0 Å². The molecule has 1 atom stereocenters. The molecule has 0 aliphatic carbocycles. The van der Waals surface area contributed by atoms with Gasteiger partial charge in [-0.25, -0.2) is 4.79 Å². The molecular weight excluding hydrogens is 179 g/mol. The van der Waals surface area contributed by atoms with Gasteiger partial charge in [-0.15, -0.1) is 0 Å². The van der Waals surface area contributed by atoms with Gasteiger partial charge >= 0.3 is 5.97 Å². The minimum atomic E-state index is -1.15. The fraction of sp³-hybridized carbons (Fsp3) is 0.800. The second kappa shape index (κ2) is 2.57. The van der Waals surface area contributed by atoms with Crippen LogP contribution in [0.3, 0.4) is 0 Å². The van der Waals surface area contributed by atoms with E-state index in [2.05, 4.69) is 4.74 Å². The van der Waals surface area contributed by atoms with Crippen LogP contribution in [0.15, 0.2) is 0 Å². The standard InChI is InChI=1S/C5H6Cl2O3/c1-5(4(6)7)9-2-3(8)10-5/h4H,2H2,1H3. The van der Waals surface area contributed by atoms with Crippen LogP contribution in [0, 0.1) is 0 Å². The van der Waals surface area contributed by atoms with Gasteiger partial charge in [-0.3, -0.25) is 0 Å². The van der Waals surface area contributed by atoms with Gasteiger partial charge in [0.15, 0.2) is 4.84 Å². The number of ether oxygens (including phenoxy) is 2. The SMILES string of the molecule is CC1(C(Cl)Cl)OCC(=O)O1. The molecule has 1 unspecified atom stereocenters. The van der Waals surface area contributed by atoms with Gasteiger partial charge in [-0.2, -0.15) is 0 Å². The summed E-state index contributed by atoms with van der Waals surface area (Å²) < 4.78 is 9.56. The van der Waals surface area contributed by atoms with E-state index in [0.29, 0.717) is 0 Å². The summed E-state index contributed by atoms with van der Waals surface area (Å²) in [5, 5.41) is 0. The molecular formula is C5H6Cl2O3. The Morgan fingerprint density at radius 1 is 1.70 bits per heavy atom. The summed E-state index contributed by atoms with van der Waals surface area (Å²) >= 11 is 10.9. The lowest BCUT2D eigenvalue weighted by atomic mass is 10.4. The van der Waals surface area contributed by atoms with Crippen LogP contribution in [0.5, 0.6) is 0 Å². The number of cyclic esters (lactones) is 1. The van der Waals surface area contributed by atoms with Crippen molar-refractivity contribution < 1.29 is 14.3 Å². The monoisotopic (exact) mass is 184 g/mol. The lowest BCUT2D eigenvalue weighted by Gasteiger charge is -2.21. The first-order valence-electron chi connectivity index (χ1n) is 2.68. The number of carbonyl (C=O) groups is 1. The van der Waals surface area contributed by atoms with Gasteiger partial charge in [0.05, 0.1) is 0 Å². The van der Waals surface area contributed by atoms with Crippen molar-refractivity contribution in [3.8, 4) is 0 Å². The molecule has 1 rings (SSSR count). The molecule has 0 N–H and O–H groups in total. The minimum Gasteiger partial charge on any atom is -0.429 e. The van der Waals surface area contributed by atoms with E-state index in [9.17, 15) is 4.79 Å². The quantitative estimate of drug-likeness (QED) is 0.452. The van der Waals surface area contributed by atoms with E-state index in [4.69, 9.17) is 27.9 Å². The van der Waals surface area contributed by atoms with Gasteiger partial charge in [0.25, 0.3) is 0 Å². The second-order valence-electron chi connectivity index (χ2n) is 2.08. The van der Waals surface area contributed by atoms with E-state index in [-0.39, 0.29) is 6.61 Å². The maximum absolute atomic E-state index is 10.5. The Balaban J connectivity index is 2.63. The number of carbonyl (C=O) groups excluding carboxylic acids is 1. The molecule has 1 fully saturated rings. The maximum atomic E-state index is 10.5. The summed E-state index contributed by atoms with van der Waals surface area (Å²) in [6.07, 6.45) is 0. The van der Waals surface area contributed by atoms with Crippen molar-refractivity contribution in [1.29, 1.82) is 0 Å². The predicted molar refractivity (Wildman–Crippen MR) is 35.9 cm³/mol. The molecule has 1 aliphatic heterocycles. The van der Waals surface area contributed by atoms with Crippen LogP contribution >= 0.6 is 23.2 Å². The first kappa shape index (κ1) is 8.11. The van der Waals surface area contributed by atoms with Crippen LogP contribution < -0.4 is 0 Å². The molecule has 5 heteroatoms. The van der Waals surface area contributed by atoms with Crippen LogP contribution in [-0.4, -0.2) is 23.2 Å². The third kappa shape index (κ3) is 1.36. The van der Waals surface area contributed by atoms with Gasteiger partial charge in [0.1, 0.15) is 6.61 Å². The predicted octanol–water partition coefficient (Wildman–Crippen LogP) is 1.08. The van der Waals surface area contributed by atoms with E-state index in [1.807, 2.05) is 0 Å². The van der Waals surface area contributed by atoms with Crippen molar-refractivity contribution in [1.82, 2.24) is 0 Å². The summed E-state index contributed by atoms with van der Waals surface area (Å²) in [4.78, 5) is 9.65. The lowest BCUT2D eigenvalue weighted by molar-refractivity contribution is -0.161. The molecule has 0 aromatic rings. The largest absolute Gasteiger partial charge is 0.429 e. The Labute approximate surface area is 68.2 Å². The van der Waals surface area contributed by atoms with E-state index in [1.165, 1.54) is 6.92 Å². The fourth-order valence-corrected chi connectivity index (χ4v) is 0.810. The highest BCUT2D eigenvalue weighted by atomic mass is 35.5. The zero-order valence-corrected chi connectivity index (χ0v) is 6.78. The first-order valence-corrected chi connectivity index (χ1v) is 3.56. The topological polar surface area (TPSA) is 35.5 Å². The van der Waals surface area contributed by atoms with Crippen LogP contribution in [0.1, 0.15) is 6.92 Å². The lowest BCUT2D eigenvalue weighted by Crippen LogP contribution is -2.33. The van der Waals surface area contributed by atoms with E-state index in [0.717, 1.165) is 0 Å². The highest BCUT2D eigenvalue weighted by Crippen LogP contribution is 2.29. The fourth-order valence-electron chi connectivity index (χ4n) is 0.595. The summed E-state index contributed by atoms with van der Waals surface area (Å²) in [5.74, 6) is -1.59. The summed E-state index contributed by atoms with van der Waals surface area (Å²) in [5.41, 5.74) is 0. The Morgan fingerprint density at radius 2 is 2.30 bits per heavy atom. The molecule has 1 saturated heterocycles. The van der Waals surface area contributed by atoms with Gasteiger partial charge < -0.3 is 9.47 Å². The molecule has 0 spiro atoms. The van der Waals surface area contributed by atoms with Crippen molar-refractivity contribution in [2.45, 2.75) is 17.5 Å². The Morgan fingerprint density at radius 3 is 2.50 bits per heavy atom. The average molecular weight is 185 g/mol. The molecule has 0 bridgehead atoms. The normalized spacial score (nSPS) is 33.0. The van der Waals surface area contributed by atoms with Crippen molar-refractivity contribution in [3.05, 3.63) is 0 Å². The molecule has 1 aliphatic rings. The number of hydrogen-bond donors (Lipinski definition) is 0. The van der Waals surface area contributed by atoms with E-state index in [1.54, 1.807) is 0 Å². The highest BCUT2D eigenvalue weighted by Gasteiger charge is 2.42. The van der Waals surface area contributed by atoms with E-state index < -0.39 is 16.6 Å². The highest BCUT2D eigenvalue weighted by molar-refractivity contribution is 6.45. The van der Waals surface area contributed by atoms with Gasteiger partial charge in [-0.05, 0) is 0 Å². The third-order valence-electron chi connectivity index (χ3n) is 1.19. The van der Waals surface area contributed by atoms with Crippen molar-refractivity contribution in [3.63, 3.8) is 0 Å². The van der Waals surface area contributed by atoms with Gasteiger partial charge in [0.2, 0.25) is 5.79 Å². The number of halogens is 2. The number of alkyl halides is 2. The Kier molecular flexibility index (Phi) is 2.08. The third-order valence-corrected chi connectivity index (χ3v) is 1.98. The Bertz CT molecular complexity index is 159. The van der Waals surface area contributed by atoms with Crippen LogP contribution in [0.4, 0.5) is 0 Å². The van der Waals surface area contributed by atoms with Crippen molar-refractivity contribution >= 4 is 29.2 Å². The molecule has 0 saturated carbocycles. The molecule has 1 heterocycles. The maximum Gasteiger partial charge on any atom is 0.334 e. The molecule has 58 valence electrons. The number of hydrogen-bond acceptors (Lipinski definition) is 3. The summed E-state index contributed by atoms with van der Waals surface area (Å²) in [7, 11) is 0. The van der Waals surface area contributed by atoms with Crippen molar-refractivity contribution in [2.75, 3.05) is 6.61 Å². The molecule has 0 aromatic heterocycles.